The van der Waals surface area contributed by atoms with Crippen molar-refractivity contribution in [3.63, 3.8) is 0 Å². The molecule has 6 aromatic rings. The Morgan fingerprint density at radius 1 is 0.828 bits per heavy atom. The highest BCUT2D eigenvalue weighted by Crippen LogP contribution is 2.35. The van der Waals surface area contributed by atoms with E-state index in [1.165, 1.54) is 15.8 Å². The van der Waals surface area contributed by atoms with Gasteiger partial charge in [-0.05, 0) is 47.8 Å². The predicted octanol–water partition coefficient (Wildman–Crippen LogP) is 5.90. The third-order valence-electron chi connectivity index (χ3n) is 5.04. The molecule has 0 bridgehead atoms. The van der Waals surface area contributed by atoms with Crippen molar-refractivity contribution in [2.24, 2.45) is 0 Å². The topological polar surface area (TPSA) is 70.2 Å². The minimum atomic E-state index is 0.811. The molecule has 1 aromatic carbocycles. The first-order valence-electron chi connectivity index (χ1n) is 9.29. The second-order valence-electron chi connectivity index (χ2n) is 6.81. The summed E-state index contributed by atoms with van der Waals surface area (Å²) in [4.78, 5) is 14.0. The molecule has 5 heterocycles. The number of H-pyrrole nitrogens is 2. The average molecular weight is 393 g/mol. The first-order valence-corrected chi connectivity index (χ1v) is 10.2. The Balaban J connectivity index is 1.53. The second kappa shape index (κ2) is 6.39. The van der Waals surface area contributed by atoms with Crippen molar-refractivity contribution >= 4 is 33.3 Å². The molecule has 0 fully saturated rings. The molecule has 5 nitrogen and oxygen atoms in total. The molecule has 6 rings (SSSR count). The van der Waals surface area contributed by atoms with Gasteiger partial charge < -0.3 is 4.98 Å². The Labute approximate surface area is 170 Å². The maximum Gasteiger partial charge on any atom is 0.135 e. The summed E-state index contributed by atoms with van der Waals surface area (Å²) >= 11 is 1.74. The molecule has 2 N–H and O–H groups in total. The smallest absolute Gasteiger partial charge is 0.135 e. The molecule has 0 radical (unpaired) electrons. The van der Waals surface area contributed by atoms with Crippen molar-refractivity contribution in [2.45, 2.75) is 0 Å². The van der Waals surface area contributed by atoms with Crippen molar-refractivity contribution in [3.05, 3.63) is 78.3 Å². The third-order valence-corrected chi connectivity index (χ3v) is 5.94. The van der Waals surface area contributed by atoms with Crippen LogP contribution >= 0.6 is 11.3 Å². The number of nitrogens with zero attached hydrogens (tertiary/aromatic N) is 3. The van der Waals surface area contributed by atoms with E-state index in [1.807, 2.05) is 30.3 Å². The summed E-state index contributed by atoms with van der Waals surface area (Å²) in [5.74, 6) is 0. The Bertz CT molecular complexity index is 1450. The molecular formula is C23H15N5S. The lowest BCUT2D eigenvalue weighted by atomic mass is 10.1. The van der Waals surface area contributed by atoms with Crippen molar-refractivity contribution < 1.29 is 0 Å². The van der Waals surface area contributed by atoms with E-state index in [9.17, 15) is 0 Å². The van der Waals surface area contributed by atoms with Gasteiger partial charge in [0.05, 0.1) is 22.6 Å². The van der Waals surface area contributed by atoms with Crippen LogP contribution in [0.5, 0.6) is 0 Å². The summed E-state index contributed by atoms with van der Waals surface area (Å²) < 4.78 is 0. The number of nitrogens with one attached hydrogen (secondary N) is 2. The zero-order chi connectivity index (χ0) is 19.2. The summed E-state index contributed by atoms with van der Waals surface area (Å²) in [6.45, 7) is 0. The van der Waals surface area contributed by atoms with E-state index in [4.69, 9.17) is 4.98 Å². The van der Waals surface area contributed by atoms with Crippen LogP contribution in [0.4, 0.5) is 0 Å². The van der Waals surface area contributed by atoms with Gasteiger partial charge in [-0.25, -0.2) is 4.98 Å². The molecule has 138 valence electrons. The number of aromatic amines is 2. The average Bonchev–Trinajstić information content (AvgIpc) is 3.52. The van der Waals surface area contributed by atoms with Crippen LogP contribution in [0.1, 0.15) is 0 Å². The van der Waals surface area contributed by atoms with Gasteiger partial charge in [0.2, 0.25) is 0 Å². The third kappa shape index (κ3) is 2.65. The maximum atomic E-state index is 4.85. The highest BCUT2D eigenvalue weighted by Gasteiger charge is 2.15. The maximum absolute atomic E-state index is 4.85. The van der Waals surface area contributed by atoms with E-state index < -0.39 is 0 Å². The van der Waals surface area contributed by atoms with Gasteiger partial charge in [-0.1, -0.05) is 24.3 Å². The Morgan fingerprint density at radius 3 is 2.69 bits per heavy atom. The molecule has 0 atom stereocenters. The van der Waals surface area contributed by atoms with Crippen LogP contribution in [0, 0.1) is 0 Å². The van der Waals surface area contributed by atoms with Crippen LogP contribution in [0.25, 0.3) is 55.2 Å². The summed E-state index contributed by atoms with van der Waals surface area (Å²) in [5.41, 5.74) is 7.47. The van der Waals surface area contributed by atoms with Crippen LogP contribution in [0.15, 0.2) is 78.3 Å². The van der Waals surface area contributed by atoms with Crippen molar-refractivity contribution in [2.75, 3.05) is 0 Å². The second-order valence-corrected chi connectivity index (χ2v) is 7.75. The van der Waals surface area contributed by atoms with Gasteiger partial charge in [-0.3, -0.25) is 10.1 Å². The molecule has 0 unspecified atom stereocenters. The minimum Gasteiger partial charge on any atom is -0.353 e. The number of aromatic nitrogens is 5. The molecule has 0 amide bonds. The lowest BCUT2D eigenvalue weighted by Gasteiger charge is -2.00. The first kappa shape index (κ1) is 16.2. The molecule has 29 heavy (non-hydrogen) atoms. The summed E-state index contributed by atoms with van der Waals surface area (Å²) in [6, 6.07) is 22.5. The van der Waals surface area contributed by atoms with E-state index in [1.54, 1.807) is 17.5 Å². The largest absolute Gasteiger partial charge is 0.353 e. The van der Waals surface area contributed by atoms with Crippen LogP contribution in [0.2, 0.25) is 0 Å². The molecule has 0 aliphatic carbocycles. The van der Waals surface area contributed by atoms with Gasteiger partial charge in [0.1, 0.15) is 11.2 Å². The number of hydrogen-bond acceptors (Lipinski definition) is 4. The number of fused-ring (bicyclic) bond motifs is 2. The quantitative estimate of drug-likeness (QED) is 0.393. The van der Waals surface area contributed by atoms with Gasteiger partial charge in [0, 0.05) is 27.5 Å². The standard InChI is InChI=1S/C23H15N5S/c1-2-11-24-17(6-1)18-9-10-19-22(26-18)23(28-27-19)20-13-15-14(21-8-4-12-29-21)5-3-7-16(15)25-20/h1-13,25H,(H,27,28). The van der Waals surface area contributed by atoms with Crippen molar-refractivity contribution in [3.8, 4) is 33.2 Å². The van der Waals surface area contributed by atoms with E-state index in [2.05, 4.69) is 61.9 Å². The van der Waals surface area contributed by atoms with Crippen LogP contribution in [-0.4, -0.2) is 25.1 Å². The number of hydrogen-bond donors (Lipinski definition) is 2. The predicted molar refractivity (Wildman–Crippen MR) is 118 cm³/mol. The normalized spacial score (nSPS) is 11.4. The van der Waals surface area contributed by atoms with Gasteiger partial charge in [0.25, 0.3) is 0 Å². The van der Waals surface area contributed by atoms with Gasteiger partial charge in [0.15, 0.2) is 0 Å². The van der Waals surface area contributed by atoms with Gasteiger partial charge >= 0.3 is 0 Å². The Kier molecular flexibility index (Phi) is 3.57. The molecule has 0 aliphatic rings. The fraction of sp³-hybridized carbons (Fsp3) is 0. The minimum absolute atomic E-state index is 0.811. The number of pyridine rings is 2. The highest BCUT2D eigenvalue weighted by molar-refractivity contribution is 7.13. The molecule has 0 saturated carbocycles. The van der Waals surface area contributed by atoms with Gasteiger partial charge in [-0.2, -0.15) is 5.10 Å². The zero-order valence-corrected chi connectivity index (χ0v) is 16.1. The molecule has 6 heteroatoms. The SMILES string of the molecule is c1ccc(-c2ccc3[nH]nc(-c4cc5c(-c6cccs6)cccc5[nH]4)c3n2)nc1. The van der Waals surface area contributed by atoms with Crippen LogP contribution in [-0.2, 0) is 0 Å². The first-order chi connectivity index (χ1) is 14.4. The lowest BCUT2D eigenvalue weighted by molar-refractivity contribution is 1.12. The summed E-state index contributed by atoms with van der Waals surface area (Å²) in [7, 11) is 0. The van der Waals surface area contributed by atoms with E-state index in [-0.39, 0.29) is 0 Å². The fourth-order valence-electron chi connectivity index (χ4n) is 3.67. The molecule has 0 aliphatic heterocycles. The van der Waals surface area contributed by atoms with E-state index >= 15 is 0 Å². The molecular weight excluding hydrogens is 378 g/mol. The molecule has 0 spiro atoms. The van der Waals surface area contributed by atoms with E-state index in [0.29, 0.717) is 0 Å². The lowest BCUT2D eigenvalue weighted by Crippen LogP contribution is -1.87. The highest BCUT2D eigenvalue weighted by atomic mass is 32.1. The van der Waals surface area contributed by atoms with Crippen molar-refractivity contribution in [1.29, 1.82) is 0 Å². The monoisotopic (exact) mass is 393 g/mol. The van der Waals surface area contributed by atoms with E-state index in [0.717, 1.165) is 39.3 Å². The zero-order valence-electron chi connectivity index (χ0n) is 15.3. The Morgan fingerprint density at radius 2 is 1.83 bits per heavy atom. The fourth-order valence-corrected chi connectivity index (χ4v) is 4.44. The number of rotatable bonds is 3. The summed E-state index contributed by atoms with van der Waals surface area (Å²) in [6.07, 6.45) is 1.78. The Hall–Kier alpha value is -3.77. The number of thiophene rings is 1. The van der Waals surface area contributed by atoms with Crippen molar-refractivity contribution in [1.82, 2.24) is 25.1 Å². The molecule has 0 saturated heterocycles. The van der Waals surface area contributed by atoms with Gasteiger partial charge in [-0.15, -0.1) is 11.3 Å². The van der Waals surface area contributed by atoms with Crippen LogP contribution in [0.3, 0.4) is 0 Å². The van der Waals surface area contributed by atoms with Crippen LogP contribution < -0.4 is 0 Å². The number of benzene rings is 1. The summed E-state index contributed by atoms with van der Waals surface area (Å²) in [5, 5.41) is 10.9. The molecule has 5 aromatic heterocycles.